The topological polar surface area (TPSA) is 57.5 Å². The van der Waals surface area contributed by atoms with Crippen LogP contribution in [0.25, 0.3) is 0 Å². The summed E-state index contributed by atoms with van der Waals surface area (Å²) in [6.07, 6.45) is 2.19. The van der Waals surface area contributed by atoms with Gasteiger partial charge in [0.1, 0.15) is 0 Å². The highest BCUT2D eigenvalue weighted by atomic mass is 16.3. The molecule has 1 fully saturated rings. The molecule has 2 aliphatic carbocycles. The van der Waals surface area contributed by atoms with Crippen LogP contribution >= 0.6 is 0 Å². The second kappa shape index (κ2) is 4.04. The van der Waals surface area contributed by atoms with Crippen LogP contribution in [0.5, 0.6) is 0 Å². The number of hydrogen-bond acceptors (Lipinski definition) is 3. The van der Waals surface area contributed by atoms with Crippen LogP contribution in [0, 0.1) is 11.3 Å². The maximum atomic E-state index is 11.7. The Labute approximate surface area is 108 Å². The van der Waals surface area contributed by atoms with Crippen molar-refractivity contribution in [2.24, 2.45) is 11.3 Å². The SMILES string of the molecule is C=C(C)[C@@H]1C[C@@H](O)[C@]2(C)CC(=O)C=C(C)[C@@]2(O)C1. The molecule has 18 heavy (non-hydrogen) atoms. The van der Waals surface area contributed by atoms with Gasteiger partial charge in [-0.25, -0.2) is 0 Å². The number of aliphatic hydroxyl groups excluding tert-OH is 1. The molecule has 3 nitrogen and oxygen atoms in total. The molecule has 0 aromatic rings. The van der Waals surface area contributed by atoms with Crippen LogP contribution in [0.1, 0.15) is 40.0 Å². The lowest BCUT2D eigenvalue weighted by Crippen LogP contribution is -2.61. The van der Waals surface area contributed by atoms with Crippen molar-refractivity contribution in [3.63, 3.8) is 0 Å². The Morgan fingerprint density at radius 2 is 2.17 bits per heavy atom. The van der Waals surface area contributed by atoms with Crippen molar-refractivity contribution < 1.29 is 15.0 Å². The zero-order chi connectivity index (χ0) is 13.7. The molecule has 3 heteroatoms. The van der Waals surface area contributed by atoms with Crippen LogP contribution in [0.15, 0.2) is 23.8 Å². The first-order valence-corrected chi connectivity index (χ1v) is 6.48. The summed E-state index contributed by atoms with van der Waals surface area (Å²) in [5.41, 5.74) is -0.211. The van der Waals surface area contributed by atoms with Gasteiger partial charge in [-0.1, -0.05) is 19.1 Å². The molecule has 0 amide bonds. The lowest BCUT2D eigenvalue weighted by molar-refractivity contribution is -0.167. The van der Waals surface area contributed by atoms with Gasteiger partial charge in [0, 0.05) is 11.8 Å². The standard InChI is InChI=1S/C15H22O3/c1-9(2)11-6-13(17)14(4)8-12(16)5-10(3)15(14,18)7-11/h5,11,13,17-18H,1,6-8H2,2-4H3/t11-,13-,14+,15+/m1/s1. The summed E-state index contributed by atoms with van der Waals surface area (Å²) in [6.45, 7) is 9.46. The number of rotatable bonds is 1. The number of hydrogen-bond donors (Lipinski definition) is 2. The summed E-state index contributed by atoms with van der Waals surface area (Å²) in [7, 11) is 0. The van der Waals surface area contributed by atoms with Crippen LogP contribution in [-0.2, 0) is 4.79 Å². The maximum absolute atomic E-state index is 11.7. The number of fused-ring (bicyclic) bond motifs is 1. The van der Waals surface area contributed by atoms with Gasteiger partial charge in [-0.3, -0.25) is 4.79 Å². The zero-order valence-corrected chi connectivity index (χ0v) is 11.4. The van der Waals surface area contributed by atoms with E-state index in [4.69, 9.17) is 0 Å². The Balaban J connectivity index is 2.48. The lowest BCUT2D eigenvalue weighted by atomic mass is 9.53. The summed E-state index contributed by atoms with van der Waals surface area (Å²) >= 11 is 0. The van der Waals surface area contributed by atoms with E-state index in [1.54, 1.807) is 6.92 Å². The van der Waals surface area contributed by atoms with Gasteiger partial charge >= 0.3 is 0 Å². The van der Waals surface area contributed by atoms with Gasteiger partial charge in [-0.15, -0.1) is 0 Å². The number of allylic oxidation sites excluding steroid dienone is 2. The quantitative estimate of drug-likeness (QED) is 0.700. The van der Waals surface area contributed by atoms with Crippen molar-refractivity contribution in [1.29, 1.82) is 0 Å². The van der Waals surface area contributed by atoms with Gasteiger partial charge in [0.15, 0.2) is 5.78 Å². The predicted octanol–water partition coefficient (Wildman–Crippen LogP) is 1.99. The highest BCUT2D eigenvalue weighted by Crippen LogP contribution is 2.55. The molecule has 2 rings (SSSR count). The third-order valence-electron chi connectivity index (χ3n) is 5.00. The molecule has 0 heterocycles. The molecule has 0 spiro atoms. The number of carbonyl (C=O) groups excluding carboxylic acids is 1. The Bertz CT molecular complexity index is 437. The third-order valence-corrected chi connectivity index (χ3v) is 5.00. The first kappa shape index (κ1) is 13.5. The molecule has 0 radical (unpaired) electrons. The zero-order valence-electron chi connectivity index (χ0n) is 11.4. The average Bonchev–Trinajstić information content (AvgIpc) is 2.23. The molecular weight excluding hydrogens is 228 g/mol. The molecule has 4 atom stereocenters. The van der Waals surface area contributed by atoms with E-state index in [0.29, 0.717) is 18.4 Å². The highest BCUT2D eigenvalue weighted by molar-refractivity contribution is 5.92. The predicted molar refractivity (Wildman–Crippen MR) is 70.0 cm³/mol. The minimum atomic E-state index is -1.10. The Morgan fingerprint density at radius 1 is 1.56 bits per heavy atom. The maximum Gasteiger partial charge on any atom is 0.156 e. The van der Waals surface area contributed by atoms with E-state index in [0.717, 1.165) is 5.57 Å². The van der Waals surface area contributed by atoms with Crippen molar-refractivity contribution in [2.45, 2.75) is 51.7 Å². The monoisotopic (exact) mass is 250 g/mol. The fourth-order valence-corrected chi connectivity index (χ4v) is 3.50. The van der Waals surface area contributed by atoms with Crippen LogP contribution in [-0.4, -0.2) is 27.7 Å². The minimum Gasteiger partial charge on any atom is -0.392 e. The smallest absolute Gasteiger partial charge is 0.156 e. The van der Waals surface area contributed by atoms with E-state index >= 15 is 0 Å². The van der Waals surface area contributed by atoms with Crippen LogP contribution < -0.4 is 0 Å². The van der Waals surface area contributed by atoms with Gasteiger partial charge in [0.05, 0.1) is 11.7 Å². The molecule has 0 aromatic heterocycles. The molecule has 1 saturated carbocycles. The summed E-state index contributed by atoms with van der Waals surface area (Å²) in [4.78, 5) is 11.7. The highest BCUT2D eigenvalue weighted by Gasteiger charge is 2.59. The van der Waals surface area contributed by atoms with E-state index in [9.17, 15) is 15.0 Å². The van der Waals surface area contributed by atoms with Crippen molar-refractivity contribution in [3.8, 4) is 0 Å². The third kappa shape index (κ3) is 1.69. The number of carbonyl (C=O) groups is 1. The van der Waals surface area contributed by atoms with E-state index in [-0.39, 0.29) is 18.1 Å². The van der Waals surface area contributed by atoms with Crippen molar-refractivity contribution in [3.05, 3.63) is 23.8 Å². The molecule has 0 aliphatic heterocycles. The molecule has 0 saturated heterocycles. The molecule has 100 valence electrons. The van der Waals surface area contributed by atoms with Crippen LogP contribution in [0.3, 0.4) is 0 Å². The fourth-order valence-electron chi connectivity index (χ4n) is 3.50. The van der Waals surface area contributed by atoms with Crippen molar-refractivity contribution >= 4 is 5.78 Å². The van der Waals surface area contributed by atoms with Gasteiger partial charge in [0.2, 0.25) is 0 Å². The second-order valence-electron chi connectivity index (χ2n) is 6.25. The normalized spacial score (nSPS) is 44.3. The lowest BCUT2D eigenvalue weighted by Gasteiger charge is -2.55. The van der Waals surface area contributed by atoms with E-state index in [2.05, 4.69) is 6.58 Å². The fraction of sp³-hybridized carbons (Fsp3) is 0.667. The number of ketones is 1. The van der Waals surface area contributed by atoms with Crippen LogP contribution in [0.4, 0.5) is 0 Å². The molecule has 0 aromatic carbocycles. The van der Waals surface area contributed by atoms with Crippen molar-refractivity contribution in [1.82, 2.24) is 0 Å². The van der Waals surface area contributed by atoms with Gasteiger partial charge in [-0.2, -0.15) is 0 Å². The first-order chi connectivity index (χ1) is 8.20. The summed E-state index contributed by atoms with van der Waals surface area (Å²) < 4.78 is 0. The Morgan fingerprint density at radius 3 is 2.72 bits per heavy atom. The van der Waals surface area contributed by atoms with Gasteiger partial charge in [0.25, 0.3) is 0 Å². The van der Waals surface area contributed by atoms with Gasteiger partial charge < -0.3 is 10.2 Å². The number of aliphatic hydroxyl groups is 2. The minimum absolute atomic E-state index is 0.00694. The molecule has 0 unspecified atom stereocenters. The summed E-state index contributed by atoms with van der Waals surface area (Å²) in [5, 5.41) is 21.4. The summed E-state index contributed by atoms with van der Waals surface area (Å²) in [5.74, 6) is 0.0992. The van der Waals surface area contributed by atoms with Crippen molar-refractivity contribution in [2.75, 3.05) is 0 Å². The van der Waals surface area contributed by atoms with Crippen LogP contribution in [0.2, 0.25) is 0 Å². The Kier molecular flexibility index (Phi) is 3.03. The summed E-state index contributed by atoms with van der Waals surface area (Å²) in [6, 6.07) is 0. The Hall–Kier alpha value is -0.930. The molecular formula is C15H22O3. The van der Waals surface area contributed by atoms with E-state index in [1.807, 2.05) is 13.8 Å². The molecule has 2 aliphatic rings. The second-order valence-corrected chi connectivity index (χ2v) is 6.25. The van der Waals surface area contributed by atoms with E-state index in [1.165, 1.54) is 6.08 Å². The molecule has 0 bridgehead atoms. The van der Waals surface area contributed by atoms with Gasteiger partial charge in [-0.05, 0) is 44.3 Å². The van der Waals surface area contributed by atoms with E-state index < -0.39 is 17.1 Å². The average molecular weight is 250 g/mol. The first-order valence-electron chi connectivity index (χ1n) is 6.48. The largest absolute Gasteiger partial charge is 0.392 e. The molecule has 2 N–H and O–H groups in total.